The van der Waals surface area contributed by atoms with Gasteiger partial charge in [-0.1, -0.05) is 24.6 Å². The van der Waals surface area contributed by atoms with Crippen LogP contribution < -0.4 is 0 Å². The van der Waals surface area contributed by atoms with Crippen molar-refractivity contribution in [2.75, 3.05) is 0 Å². The molecule has 5 heteroatoms. The Morgan fingerprint density at radius 2 is 1.62 bits per heavy atom. The highest BCUT2D eigenvalue weighted by atomic mass is 32.2. The number of hydrogen-bond acceptors (Lipinski definition) is 3. The smallest absolute Gasteiger partial charge is 0.294 e. The molecule has 0 saturated heterocycles. The van der Waals surface area contributed by atoms with Crippen molar-refractivity contribution in [1.82, 2.24) is 0 Å². The highest BCUT2D eigenvalue weighted by Gasteiger charge is 2.06. The number of rotatable bonds is 2. The maximum Gasteiger partial charge on any atom is 0.294 e. The fraction of sp³-hybridized carbons (Fsp3) is 0.455. The maximum atomic E-state index is 10.5. The summed E-state index contributed by atoms with van der Waals surface area (Å²) in [6, 6.07) is 5.99. The molecule has 0 unspecified atom stereocenters. The molecule has 16 heavy (non-hydrogen) atoms. The monoisotopic (exact) mass is 246 g/mol. The van der Waals surface area contributed by atoms with E-state index in [1.807, 2.05) is 13.8 Å². The van der Waals surface area contributed by atoms with E-state index in [1.54, 1.807) is 19.1 Å². The van der Waals surface area contributed by atoms with Gasteiger partial charge in [0.15, 0.2) is 0 Å². The highest BCUT2D eigenvalue weighted by Crippen LogP contribution is 2.08. The first kappa shape index (κ1) is 15.1. The Morgan fingerprint density at radius 3 is 1.88 bits per heavy atom. The fourth-order valence-corrected chi connectivity index (χ4v) is 1.19. The summed E-state index contributed by atoms with van der Waals surface area (Å²) in [6.07, 6.45) is 0.745. The van der Waals surface area contributed by atoms with Crippen LogP contribution in [0.3, 0.4) is 0 Å². The second-order valence-electron chi connectivity index (χ2n) is 3.55. The number of aliphatic hydroxyl groups is 1. The topological polar surface area (TPSA) is 74.6 Å². The summed E-state index contributed by atoms with van der Waals surface area (Å²) in [5.74, 6) is 0. The zero-order valence-corrected chi connectivity index (χ0v) is 10.5. The zero-order chi connectivity index (χ0) is 12.8. The van der Waals surface area contributed by atoms with E-state index in [0.717, 1.165) is 12.0 Å². The van der Waals surface area contributed by atoms with Crippen molar-refractivity contribution in [3.8, 4) is 0 Å². The zero-order valence-electron chi connectivity index (χ0n) is 9.71. The normalized spacial score (nSPS) is 12.6. The van der Waals surface area contributed by atoms with Crippen LogP contribution in [0.1, 0.15) is 25.8 Å². The molecule has 1 rings (SSSR count). The Kier molecular flexibility index (Phi) is 6.25. The van der Waals surface area contributed by atoms with Gasteiger partial charge in [0.1, 0.15) is 0 Å². The molecular weight excluding hydrogens is 228 g/mol. The third kappa shape index (κ3) is 6.55. The highest BCUT2D eigenvalue weighted by molar-refractivity contribution is 7.85. The average molecular weight is 246 g/mol. The third-order valence-electron chi connectivity index (χ3n) is 1.91. The summed E-state index contributed by atoms with van der Waals surface area (Å²) in [5.41, 5.74) is 0.956. The van der Waals surface area contributed by atoms with Gasteiger partial charge in [0.25, 0.3) is 10.1 Å². The first-order valence-corrected chi connectivity index (χ1v) is 6.43. The van der Waals surface area contributed by atoms with Gasteiger partial charge in [-0.25, -0.2) is 0 Å². The van der Waals surface area contributed by atoms with Crippen molar-refractivity contribution in [3.63, 3.8) is 0 Å². The molecule has 0 spiro atoms. The van der Waals surface area contributed by atoms with Crippen molar-refractivity contribution in [3.05, 3.63) is 29.8 Å². The summed E-state index contributed by atoms with van der Waals surface area (Å²) in [6.45, 7) is 5.57. The van der Waals surface area contributed by atoms with E-state index in [0.29, 0.717) is 0 Å². The molecule has 1 aromatic carbocycles. The Morgan fingerprint density at radius 1 is 1.25 bits per heavy atom. The molecule has 0 aromatic heterocycles. The average Bonchev–Trinajstić information content (AvgIpc) is 2.18. The van der Waals surface area contributed by atoms with Crippen LogP contribution in [0, 0.1) is 6.92 Å². The molecule has 2 N–H and O–H groups in total. The van der Waals surface area contributed by atoms with E-state index in [9.17, 15) is 8.42 Å². The van der Waals surface area contributed by atoms with Gasteiger partial charge >= 0.3 is 0 Å². The molecule has 0 radical (unpaired) electrons. The summed E-state index contributed by atoms with van der Waals surface area (Å²) in [4.78, 5) is -0.0666. The molecule has 0 saturated carbocycles. The second-order valence-corrected chi connectivity index (χ2v) is 4.97. The van der Waals surface area contributed by atoms with Gasteiger partial charge in [0.2, 0.25) is 0 Å². The van der Waals surface area contributed by atoms with Crippen molar-refractivity contribution >= 4 is 10.1 Å². The Balaban J connectivity index is 0.000000385. The quantitative estimate of drug-likeness (QED) is 0.783. The van der Waals surface area contributed by atoms with Crippen molar-refractivity contribution in [2.45, 2.75) is 38.2 Å². The molecule has 0 aliphatic rings. The molecule has 1 atom stereocenters. The van der Waals surface area contributed by atoms with Gasteiger partial charge < -0.3 is 5.11 Å². The van der Waals surface area contributed by atoms with E-state index in [1.165, 1.54) is 12.1 Å². The molecule has 0 fully saturated rings. The SMILES string of the molecule is CC[C@H](C)O.Cc1ccc(S(=O)(=O)O)cc1. The minimum absolute atomic E-state index is 0.0666. The van der Waals surface area contributed by atoms with Crippen molar-refractivity contribution in [2.24, 2.45) is 0 Å². The van der Waals surface area contributed by atoms with Gasteiger partial charge in [0, 0.05) is 0 Å². The molecule has 1 aromatic rings. The van der Waals surface area contributed by atoms with Crippen LogP contribution in [0.2, 0.25) is 0 Å². The van der Waals surface area contributed by atoms with Gasteiger partial charge in [-0.15, -0.1) is 0 Å². The second kappa shape index (κ2) is 6.62. The van der Waals surface area contributed by atoms with Crippen LogP contribution >= 0.6 is 0 Å². The van der Waals surface area contributed by atoms with E-state index < -0.39 is 10.1 Å². The van der Waals surface area contributed by atoms with Crippen LogP contribution in [0.5, 0.6) is 0 Å². The summed E-state index contributed by atoms with van der Waals surface area (Å²) in [7, 11) is -4.02. The molecule has 0 heterocycles. The molecule has 92 valence electrons. The van der Waals surface area contributed by atoms with Crippen LogP contribution in [0.25, 0.3) is 0 Å². The Hall–Kier alpha value is -0.910. The first-order valence-electron chi connectivity index (χ1n) is 4.99. The van der Waals surface area contributed by atoms with Crippen LogP contribution in [0.4, 0.5) is 0 Å². The van der Waals surface area contributed by atoms with E-state index >= 15 is 0 Å². The molecule has 0 amide bonds. The van der Waals surface area contributed by atoms with E-state index in [2.05, 4.69) is 0 Å². The van der Waals surface area contributed by atoms with Crippen molar-refractivity contribution < 1.29 is 18.1 Å². The van der Waals surface area contributed by atoms with Crippen LogP contribution in [0.15, 0.2) is 29.2 Å². The van der Waals surface area contributed by atoms with Crippen LogP contribution in [-0.4, -0.2) is 24.2 Å². The predicted molar refractivity (Wildman–Crippen MR) is 63.0 cm³/mol. The van der Waals surface area contributed by atoms with Gasteiger partial charge in [-0.3, -0.25) is 4.55 Å². The Labute approximate surface area is 96.7 Å². The standard InChI is InChI=1S/C7H8O3S.C4H10O/c1-6-2-4-7(5-3-6)11(8,9)10;1-3-4(2)5/h2-5H,1H3,(H,8,9,10);4-5H,3H2,1-2H3/t;4-/m.0/s1. The number of aryl methyl sites for hydroxylation is 1. The van der Waals surface area contributed by atoms with E-state index in [-0.39, 0.29) is 11.0 Å². The minimum atomic E-state index is -4.02. The molecule has 0 bridgehead atoms. The van der Waals surface area contributed by atoms with Gasteiger partial charge in [-0.05, 0) is 32.4 Å². The number of benzene rings is 1. The first-order chi connectivity index (χ1) is 7.27. The minimum Gasteiger partial charge on any atom is -0.393 e. The fourth-order valence-electron chi connectivity index (χ4n) is 0.710. The van der Waals surface area contributed by atoms with Gasteiger partial charge in [-0.2, -0.15) is 8.42 Å². The molecule has 0 aliphatic heterocycles. The number of aliphatic hydroxyl groups excluding tert-OH is 1. The maximum absolute atomic E-state index is 10.5. The molecular formula is C11H18O4S. The van der Waals surface area contributed by atoms with Crippen molar-refractivity contribution in [1.29, 1.82) is 0 Å². The van der Waals surface area contributed by atoms with E-state index in [4.69, 9.17) is 9.66 Å². The summed E-state index contributed by atoms with van der Waals surface area (Å²) >= 11 is 0. The molecule has 4 nitrogen and oxygen atoms in total. The predicted octanol–water partition coefficient (Wildman–Crippen LogP) is 2.02. The lowest BCUT2D eigenvalue weighted by molar-refractivity contribution is 0.191. The Bertz CT molecular complexity index is 392. The lowest BCUT2D eigenvalue weighted by Crippen LogP contribution is -1.96. The number of hydrogen-bond donors (Lipinski definition) is 2. The molecule has 0 aliphatic carbocycles. The third-order valence-corrected chi connectivity index (χ3v) is 2.78. The lowest BCUT2D eigenvalue weighted by atomic mass is 10.2. The van der Waals surface area contributed by atoms with Gasteiger partial charge in [0.05, 0.1) is 11.0 Å². The largest absolute Gasteiger partial charge is 0.393 e. The van der Waals surface area contributed by atoms with Crippen LogP contribution in [-0.2, 0) is 10.1 Å². The summed E-state index contributed by atoms with van der Waals surface area (Å²) < 4.78 is 29.6. The lowest BCUT2D eigenvalue weighted by Gasteiger charge is -1.95. The summed E-state index contributed by atoms with van der Waals surface area (Å²) in [5, 5.41) is 8.36.